The molecule has 120 valence electrons. The number of rotatable bonds is 7. The highest BCUT2D eigenvalue weighted by Gasteiger charge is 2.08. The number of nitro benzene ring substituents is 1. The summed E-state index contributed by atoms with van der Waals surface area (Å²) in [5, 5.41) is 13.4. The van der Waals surface area contributed by atoms with Gasteiger partial charge in [0.05, 0.1) is 4.92 Å². The molecule has 0 aliphatic rings. The normalized spacial score (nSPS) is 10.3. The molecule has 1 N–H and O–H groups in total. The van der Waals surface area contributed by atoms with Gasteiger partial charge in [-0.25, -0.2) is 0 Å². The molecule has 0 bridgehead atoms. The number of hydrogen-bond donors (Lipinski definition) is 1. The lowest BCUT2D eigenvalue weighted by atomic mass is 10.2. The number of thioether (sulfide) groups is 1. The summed E-state index contributed by atoms with van der Waals surface area (Å²) in [6.45, 7) is 2.63. The highest BCUT2D eigenvalue weighted by molar-refractivity contribution is 7.98. The number of nitro groups is 1. The Morgan fingerprint density at radius 2 is 1.96 bits per heavy atom. The summed E-state index contributed by atoms with van der Waals surface area (Å²) in [6, 6.07) is 14.0. The topological polar surface area (TPSA) is 72.2 Å². The molecule has 0 heterocycles. The predicted octanol–water partition coefficient (Wildman–Crippen LogP) is 3.57. The molecule has 2 rings (SSSR count). The van der Waals surface area contributed by atoms with Gasteiger partial charge in [-0.05, 0) is 24.6 Å². The van der Waals surface area contributed by atoms with Gasteiger partial charge in [-0.15, -0.1) is 0 Å². The van der Waals surface area contributed by atoms with E-state index in [0.29, 0.717) is 12.1 Å². The average molecular weight is 330 g/mol. The third kappa shape index (κ3) is 5.41. The summed E-state index contributed by atoms with van der Waals surface area (Å²) >= 11 is 1.75. The number of nitrogens with one attached hydrogen (secondary N) is 1. The number of carbonyl (C=O) groups is 1. The maximum absolute atomic E-state index is 11.9. The van der Waals surface area contributed by atoms with Gasteiger partial charge in [-0.1, -0.05) is 29.8 Å². The van der Waals surface area contributed by atoms with Crippen LogP contribution in [0.5, 0.6) is 0 Å². The summed E-state index contributed by atoms with van der Waals surface area (Å²) in [5.74, 6) is 1.51. The van der Waals surface area contributed by atoms with Crippen LogP contribution in [0.15, 0.2) is 48.5 Å². The summed E-state index contributed by atoms with van der Waals surface area (Å²) in [4.78, 5) is 22.0. The SMILES string of the molecule is Cc1cccc(CSCCNC(=O)c2ccc([N+](=O)[O-])cc2)c1. The van der Waals surface area contributed by atoms with Crippen molar-refractivity contribution in [2.24, 2.45) is 0 Å². The van der Waals surface area contributed by atoms with Crippen LogP contribution in [0.25, 0.3) is 0 Å². The van der Waals surface area contributed by atoms with Crippen molar-refractivity contribution in [1.29, 1.82) is 0 Å². The first-order valence-corrected chi connectivity index (χ1v) is 8.37. The van der Waals surface area contributed by atoms with Crippen molar-refractivity contribution in [3.05, 3.63) is 75.3 Å². The molecule has 0 unspecified atom stereocenters. The number of non-ortho nitro benzene ring substituents is 1. The summed E-state index contributed by atoms with van der Waals surface area (Å²) in [5.41, 5.74) is 2.93. The number of hydrogen-bond acceptors (Lipinski definition) is 4. The van der Waals surface area contributed by atoms with Gasteiger partial charge in [0.25, 0.3) is 11.6 Å². The molecule has 2 aromatic rings. The van der Waals surface area contributed by atoms with Crippen LogP contribution < -0.4 is 5.32 Å². The molecule has 6 heteroatoms. The van der Waals surface area contributed by atoms with Crippen LogP contribution in [-0.2, 0) is 5.75 Å². The van der Waals surface area contributed by atoms with Crippen LogP contribution in [0, 0.1) is 17.0 Å². The predicted molar refractivity (Wildman–Crippen MR) is 92.8 cm³/mol. The molecule has 0 aliphatic heterocycles. The van der Waals surface area contributed by atoms with Crippen LogP contribution >= 0.6 is 11.8 Å². The molecule has 0 radical (unpaired) electrons. The molecule has 23 heavy (non-hydrogen) atoms. The Morgan fingerprint density at radius 3 is 2.61 bits per heavy atom. The fraction of sp³-hybridized carbons (Fsp3) is 0.235. The van der Waals surface area contributed by atoms with E-state index < -0.39 is 4.92 Å². The molecular weight excluding hydrogens is 312 g/mol. The minimum Gasteiger partial charge on any atom is -0.351 e. The Hall–Kier alpha value is -2.34. The van der Waals surface area contributed by atoms with Crippen molar-refractivity contribution in [2.45, 2.75) is 12.7 Å². The van der Waals surface area contributed by atoms with Crippen LogP contribution in [-0.4, -0.2) is 23.1 Å². The number of aryl methyl sites for hydroxylation is 1. The molecule has 0 saturated heterocycles. The van der Waals surface area contributed by atoms with Crippen molar-refractivity contribution < 1.29 is 9.72 Å². The van der Waals surface area contributed by atoms with Crippen molar-refractivity contribution in [1.82, 2.24) is 5.32 Å². The standard InChI is InChI=1S/C17H18N2O3S/c1-13-3-2-4-14(11-13)12-23-10-9-18-17(20)15-5-7-16(8-6-15)19(21)22/h2-8,11H,9-10,12H2,1H3,(H,18,20). The molecule has 0 aromatic heterocycles. The second kappa shape index (κ2) is 8.33. The van der Waals surface area contributed by atoms with E-state index in [1.54, 1.807) is 11.8 Å². The van der Waals surface area contributed by atoms with Gasteiger partial charge in [0, 0.05) is 35.7 Å². The van der Waals surface area contributed by atoms with Gasteiger partial charge in [0.2, 0.25) is 0 Å². The summed E-state index contributed by atoms with van der Waals surface area (Å²) in [6.07, 6.45) is 0. The van der Waals surface area contributed by atoms with E-state index in [4.69, 9.17) is 0 Å². The number of carbonyl (C=O) groups excluding carboxylic acids is 1. The first-order chi connectivity index (χ1) is 11.1. The lowest BCUT2D eigenvalue weighted by molar-refractivity contribution is -0.384. The van der Waals surface area contributed by atoms with E-state index in [-0.39, 0.29) is 11.6 Å². The Morgan fingerprint density at radius 1 is 1.22 bits per heavy atom. The lowest BCUT2D eigenvalue weighted by Crippen LogP contribution is -2.25. The third-order valence-corrected chi connectivity index (χ3v) is 4.25. The Labute approximate surface area is 139 Å². The highest BCUT2D eigenvalue weighted by atomic mass is 32.2. The van der Waals surface area contributed by atoms with Crippen molar-refractivity contribution in [3.8, 4) is 0 Å². The van der Waals surface area contributed by atoms with Gasteiger partial charge in [0.1, 0.15) is 0 Å². The first-order valence-electron chi connectivity index (χ1n) is 7.22. The van der Waals surface area contributed by atoms with E-state index in [1.807, 2.05) is 6.07 Å². The summed E-state index contributed by atoms with van der Waals surface area (Å²) < 4.78 is 0. The minimum absolute atomic E-state index is 0.0183. The van der Waals surface area contributed by atoms with E-state index >= 15 is 0 Å². The van der Waals surface area contributed by atoms with Crippen molar-refractivity contribution in [3.63, 3.8) is 0 Å². The van der Waals surface area contributed by atoms with Crippen LogP contribution in [0.1, 0.15) is 21.5 Å². The molecular formula is C17H18N2O3S. The molecule has 5 nitrogen and oxygen atoms in total. The smallest absolute Gasteiger partial charge is 0.269 e. The second-order valence-electron chi connectivity index (χ2n) is 5.10. The highest BCUT2D eigenvalue weighted by Crippen LogP contribution is 2.13. The third-order valence-electron chi connectivity index (χ3n) is 3.22. The van der Waals surface area contributed by atoms with Crippen molar-refractivity contribution in [2.75, 3.05) is 12.3 Å². The minimum atomic E-state index is -0.483. The summed E-state index contributed by atoms with van der Waals surface area (Å²) in [7, 11) is 0. The van der Waals surface area contributed by atoms with Crippen molar-refractivity contribution >= 4 is 23.4 Å². The first kappa shape index (κ1) is 17.0. The Balaban J connectivity index is 1.71. The quantitative estimate of drug-likeness (QED) is 0.478. The fourth-order valence-electron chi connectivity index (χ4n) is 2.07. The molecule has 0 atom stereocenters. The zero-order chi connectivity index (χ0) is 16.7. The zero-order valence-electron chi connectivity index (χ0n) is 12.8. The largest absolute Gasteiger partial charge is 0.351 e. The van der Waals surface area contributed by atoms with E-state index in [0.717, 1.165) is 11.5 Å². The second-order valence-corrected chi connectivity index (χ2v) is 6.21. The fourth-order valence-corrected chi connectivity index (χ4v) is 2.87. The molecule has 0 fully saturated rings. The van der Waals surface area contributed by atoms with Gasteiger partial charge in [-0.3, -0.25) is 14.9 Å². The van der Waals surface area contributed by atoms with E-state index in [2.05, 4.69) is 30.4 Å². The van der Waals surface area contributed by atoms with Crippen LogP contribution in [0.4, 0.5) is 5.69 Å². The van der Waals surface area contributed by atoms with Gasteiger partial charge in [0.15, 0.2) is 0 Å². The maximum Gasteiger partial charge on any atom is 0.269 e. The molecule has 0 aliphatic carbocycles. The molecule has 1 amide bonds. The number of benzene rings is 2. The lowest BCUT2D eigenvalue weighted by Gasteiger charge is -2.06. The number of amides is 1. The number of nitrogens with zero attached hydrogens (tertiary/aromatic N) is 1. The zero-order valence-corrected chi connectivity index (χ0v) is 13.6. The molecule has 2 aromatic carbocycles. The average Bonchev–Trinajstić information content (AvgIpc) is 2.54. The Kier molecular flexibility index (Phi) is 6.17. The monoisotopic (exact) mass is 330 g/mol. The van der Waals surface area contributed by atoms with Gasteiger partial charge in [-0.2, -0.15) is 11.8 Å². The molecule has 0 saturated carbocycles. The van der Waals surface area contributed by atoms with Crippen LogP contribution in [0.2, 0.25) is 0 Å². The maximum atomic E-state index is 11.9. The van der Waals surface area contributed by atoms with Crippen LogP contribution in [0.3, 0.4) is 0 Å². The van der Waals surface area contributed by atoms with Gasteiger partial charge >= 0.3 is 0 Å². The van der Waals surface area contributed by atoms with E-state index in [1.165, 1.54) is 35.4 Å². The van der Waals surface area contributed by atoms with Gasteiger partial charge < -0.3 is 5.32 Å². The Bertz CT molecular complexity index is 686. The molecule has 0 spiro atoms. The van der Waals surface area contributed by atoms with E-state index in [9.17, 15) is 14.9 Å².